The highest BCUT2D eigenvalue weighted by Crippen LogP contribution is 2.34. The Labute approximate surface area is 142 Å². The average Bonchev–Trinajstić information content (AvgIpc) is 2.98. The van der Waals surface area contributed by atoms with E-state index in [1.807, 2.05) is 29.5 Å². The minimum atomic E-state index is -4.49. The third-order valence-corrected chi connectivity index (χ3v) is 4.07. The third kappa shape index (κ3) is 3.67. The summed E-state index contributed by atoms with van der Waals surface area (Å²) in [6.45, 7) is 2.34. The fourth-order valence-corrected chi connectivity index (χ4v) is 2.89. The topological polar surface area (TPSA) is 49.6 Å². The van der Waals surface area contributed by atoms with Crippen LogP contribution in [-0.4, -0.2) is 21.0 Å². The van der Waals surface area contributed by atoms with Gasteiger partial charge in [-0.25, -0.2) is 4.98 Å². The highest BCUT2D eigenvalue weighted by atomic mass is 19.4. The van der Waals surface area contributed by atoms with E-state index in [0.29, 0.717) is 6.54 Å². The lowest BCUT2D eigenvalue weighted by Crippen LogP contribution is -2.24. The van der Waals surface area contributed by atoms with Crippen LogP contribution >= 0.6 is 0 Å². The van der Waals surface area contributed by atoms with Crippen LogP contribution in [0.3, 0.4) is 0 Å². The SMILES string of the molecule is Cc1cccc2ncc(CNCC(O)c3ccccc3C(F)(F)F)n12. The van der Waals surface area contributed by atoms with E-state index in [1.54, 1.807) is 6.20 Å². The molecule has 7 heteroatoms. The van der Waals surface area contributed by atoms with Crippen LogP contribution in [0.2, 0.25) is 0 Å². The van der Waals surface area contributed by atoms with Crippen LogP contribution in [0.5, 0.6) is 0 Å². The number of aromatic nitrogens is 2. The van der Waals surface area contributed by atoms with Gasteiger partial charge in [-0.3, -0.25) is 0 Å². The molecule has 0 bridgehead atoms. The monoisotopic (exact) mass is 349 g/mol. The molecule has 1 aromatic carbocycles. The quantitative estimate of drug-likeness (QED) is 0.741. The van der Waals surface area contributed by atoms with Crippen LogP contribution in [0.15, 0.2) is 48.7 Å². The molecule has 0 saturated carbocycles. The fourth-order valence-electron chi connectivity index (χ4n) is 2.89. The molecule has 0 radical (unpaired) electrons. The van der Waals surface area contributed by atoms with Crippen LogP contribution < -0.4 is 5.32 Å². The van der Waals surface area contributed by atoms with E-state index in [1.165, 1.54) is 18.2 Å². The van der Waals surface area contributed by atoms with E-state index in [4.69, 9.17) is 0 Å². The molecule has 0 fully saturated rings. The number of benzene rings is 1. The van der Waals surface area contributed by atoms with Crippen molar-refractivity contribution in [2.45, 2.75) is 25.7 Å². The summed E-state index contributed by atoms with van der Waals surface area (Å²) in [7, 11) is 0. The number of halogens is 3. The number of hydrogen-bond acceptors (Lipinski definition) is 3. The van der Waals surface area contributed by atoms with Crippen LogP contribution in [-0.2, 0) is 12.7 Å². The van der Waals surface area contributed by atoms with Crippen molar-refractivity contribution < 1.29 is 18.3 Å². The van der Waals surface area contributed by atoms with Gasteiger partial charge in [-0.05, 0) is 30.7 Å². The molecule has 2 N–H and O–H groups in total. The maximum absolute atomic E-state index is 13.0. The number of hydrogen-bond donors (Lipinski definition) is 2. The van der Waals surface area contributed by atoms with Gasteiger partial charge in [0, 0.05) is 18.8 Å². The smallest absolute Gasteiger partial charge is 0.387 e. The Morgan fingerprint density at radius 1 is 1.16 bits per heavy atom. The maximum Gasteiger partial charge on any atom is 0.416 e. The second kappa shape index (κ2) is 6.85. The molecule has 4 nitrogen and oxygen atoms in total. The highest BCUT2D eigenvalue weighted by Gasteiger charge is 2.34. The zero-order valence-electron chi connectivity index (χ0n) is 13.6. The number of fused-ring (bicyclic) bond motifs is 1. The summed E-state index contributed by atoms with van der Waals surface area (Å²) >= 11 is 0. The van der Waals surface area contributed by atoms with Gasteiger partial charge in [-0.15, -0.1) is 0 Å². The Morgan fingerprint density at radius 2 is 1.92 bits per heavy atom. The standard InChI is InChI=1S/C18H18F3N3O/c1-12-5-4-8-17-23-10-13(24(12)17)9-22-11-16(25)14-6-2-3-7-15(14)18(19,20)21/h2-8,10,16,22,25H,9,11H2,1H3. The number of aliphatic hydroxyl groups is 1. The molecule has 0 aliphatic heterocycles. The second-order valence-corrected chi connectivity index (χ2v) is 5.84. The first-order valence-electron chi connectivity index (χ1n) is 7.85. The number of nitrogens with one attached hydrogen (secondary N) is 1. The molecule has 0 spiro atoms. The molecule has 2 heterocycles. The van der Waals surface area contributed by atoms with Gasteiger partial charge in [0.25, 0.3) is 0 Å². The molecule has 0 amide bonds. The van der Waals surface area contributed by atoms with E-state index in [2.05, 4.69) is 10.3 Å². The third-order valence-electron chi connectivity index (χ3n) is 4.07. The molecule has 1 unspecified atom stereocenters. The Balaban J connectivity index is 1.70. The van der Waals surface area contributed by atoms with Crippen LogP contribution in [0.4, 0.5) is 13.2 Å². The first-order chi connectivity index (χ1) is 11.9. The molecule has 0 saturated heterocycles. The zero-order valence-corrected chi connectivity index (χ0v) is 13.6. The number of pyridine rings is 1. The maximum atomic E-state index is 13.0. The Hall–Kier alpha value is -2.38. The summed E-state index contributed by atoms with van der Waals surface area (Å²) in [4.78, 5) is 4.29. The van der Waals surface area contributed by atoms with Crippen LogP contribution in [0.1, 0.15) is 28.6 Å². The van der Waals surface area contributed by atoms with Crippen molar-refractivity contribution in [1.29, 1.82) is 0 Å². The summed E-state index contributed by atoms with van der Waals surface area (Å²) < 4.78 is 41.1. The number of alkyl halides is 3. The van der Waals surface area contributed by atoms with Gasteiger partial charge < -0.3 is 14.8 Å². The number of imidazole rings is 1. The van der Waals surface area contributed by atoms with Crippen molar-refractivity contribution in [2.24, 2.45) is 0 Å². The first-order valence-corrected chi connectivity index (χ1v) is 7.85. The first kappa shape index (κ1) is 17.4. The Kier molecular flexibility index (Phi) is 4.78. The van der Waals surface area contributed by atoms with Crippen LogP contribution in [0, 0.1) is 6.92 Å². The van der Waals surface area contributed by atoms with Gasteiger partial charge in [0.1, 0.15) is 5.65 Å². The molecule has 1 atom stereocenters. The fraction of sp³-hybridized carbons (Fsp3) is 0.278. The lowest BCUT2D eigenvalue weighted by Gasteiger charge is -2.18. The van der Waals surface area contributed by atoms with Crippen molar-refractivity contribution in [2.75, 3.05) is 6.54 Å². The number of rotatable bonds is 5. The van der Waals surface area contributed by atoms with Gasteiger partial charge in [-0.1, -0.05) is 24.3 Å². The summed E-state index contributed by atoms with van der Waals surface area (Å²) in [5.74, 6) is 0. The van der Waals surface area contributed by atoms with Gasteiger partial charge in [-0.2, -0.15) is 13.2 Å². The molecule has 25 heavy (non-hydrogen) atoms. The zero-order chi connectivity index (χ0) is 18.0. The molecule has 3 aromatic rings. The van der Waals surface area contributed by atoms with Crippen molar-refractivity contribution >= 4 is 5.65 Å². The van der Waals surface area contributed by atoms with Gasteiger partial charge in [0.05, 0.1) is 23.6 Å². The summed E-state index contributed by atoms with van der Waals surface area (Å²) in [5.41, 5.74) is 1.76. The molecule has 3 rings (SSSR count). The van der Waals surface area contributed by atoms with E-state index in [9.17, 15) is 18.3 Å². The van der Waals surface area contributed by atoms with E-state index >= 15 is 0 Å². The lowest BCUT2D eigenvalue weighted by molar-refractivity contribution is -0.139. The summed E-state index contributed by atoms with van der Waals surface area (Å²) in [6, 6.07) is 10.8. The van der Waals surface area contributed by atoms with Gasteiger partial charge in [0.15, 0.2) is 0 Å². The molecule has 0 aliphatic carbocycles. The van der Waals surface area contributed by atoms with Crippen LogP contribution in [0.25, 0.3) is 5.65 Å². The number of nitrogens with zero attached hydrogens (tertiary/aromatic N) is 2. The lowest BCUT2D eigenvalue weighted by atomic mass is 10.0. The van der Waals surface area contributed by atoms with Crippen molar-refractivity contribution in [1.82, 2.24) is 14.7 Å². The van der Waals surface area contributed by atoms with Gasteiger partial charge >= 0.3 is 6.18 Å². The minimum absolute atomic E-state index is 0.00616. The van der Waals surface area contributed by atoms with Crippen molar-refractivity contribution in [3.63, 3.8) is 0 Å². The summed E-state index contributed by atoms with van der Waals surface area (Å²) in [6.07, 6.45) is -4.03. The second-order valence-electron chi connectivity index (χ2n) is 5.84. The Morgan fingerprint density at radius 3 is 2.68 bits per heavy atom. The molecular weight excluding hydrogens is 331 g/mol. The molecule has 0 aliphatic rings. The Bertz CT molecular complexity index is 873. The predicted molar refractivity (Wildman–Crippen MR) is 88.0 cm³/mol. The highest BCUT2D eigenvalue weighted by molar-refractivity contribution is 5.42. The van der Waals surface area contributed by atoms with E-state index < -0.39 is 17.8 Å². The van der Waals surface area contributed by atoms with E-state index in [-0.39, 0.29) is 12.1 Å². The molecule has 132 valence electrons. The minimum Gasteiger partial charge on any atom is -0.387 e. The number of aliphatic hydroxyl groups excluding tert-OH is 1. The number of aryl methyl sites for hydroxylation is 1. The largest absolute Gasteiger partial charge is 0.416 e. The summed E-state index contributed by atoms with van der Waals surface area (Å²) in [5, 5.41) is 13.2. The van der Waals surface area contributed by atoms with Crippen molar-refractivity contribution in [3.8, 4) is 0 Å². The van der Waals surface area contributed by atoms with Gasteiger partial charge in [0.2, 0.25) is 0 Å². The molecular formula is C18H18F3N3O. The van der Waals surface area contributed by atoms with E-state index in [0.717, 1.165) is 23.1 Å². The molecule has 2 aromatic heterocycles. The van der Waals surface area contributed by atoms with Crippen molar-refractivity contribution in [3.05, 3.63) is 71.2 Å². The average molecular weight is 349 g/mol. The normalized spacial score (nSPS) is 13.3. The predicted octanol–water partition coefficient (Wildman–Crippen LogP) is 3.48.